The van der Waals surface area contributed by atoms with E-state index in [1.165, 1.54) is 20.0 Å². The van der Waals surface area contributed by atoms with Gasteiger partial charge in [-0.2, -0.15) is 0 Å². The highest BCUT2D eigenvalue weighted by atomic mass is 127. The fourth-order valence-corrected chi connectivity index (χ4v) is 4.77. The Morgan fingerprint density at radius 1 is 1.23 bits per heavy atom. The summed E-state index contributed by atoms with van der Waals surface area (Å²) in [6, 6.07) is 7.38. The maximum atomic E-state index is 12.4. The fraction of sp³-hybridized carbons (Fsp3) is 0.667. The number of aliphatic imine (C=N–C) groups is 1. The van der Waals surface area contributed by atoms with Gasteiger partial charge in [0, 0.05) is 33.3 Å². The first kappa shape index (κ1) is 27.1. The first-order valence-electron chi connectivity index (χ1n) is 10.4. The predicted molar refractivity (Wildman–Crippen MR) is 133 cm³/mol. The molecule has 0 bridgehead atoms. The first-order valence-corrected chi connectivity index (χ1v) is 11.9. The van der Waals surface area contributed by atoms with Crippen LogP contribution in [0, 0.1) is 11.8 Å². The number of ether oxygens (including phenoxy) is 1. The van der Waals surface area contributed by atoms with Crippen LogP contribution in [-0.4, -0.2) is 47.7 Å². The molecule has 172 valence electrons. The molecule has 1 saturated carbocycles. The molecule has 0 atom stereocenters. The van der Waals surface area contributed by atoms with Gasteiger partial charge in [-0.25, -0.2) is 13.1 Å². The van der Waals surface area contributed by atoms with Crippen molar-refractivity contribution in [2.45, 2.75) is 57.0 Å². The number of sulfonamides is 1. The van der Waals surface area contributed by atoms with Gasteiger partial charge in [0.2, 0.25) is 10.0 Å². The lowest BCUT2D eigenvalue weighted by Gasteiger charge is -2.32. The summed E-state index contributed by atoms with van der Waals surface area (Å²) in [6.45, 7) is 5.70. The molecule has 0 radical (unpaired) electrons. The Kier molecular flexibility index (Phi) is 12.2. The fourth-order valence-electron chi connectivity index (χ4n) is 3.69. The molecular weight excluding hydrogens is 515 g/mol. The van der Waals surface area contributed by atoms with E-state index in [9.17, 15) is 8.42 Å². The monoisotopic (exact) mass is 552 g/mol. The van der Waals surface area contributed by atoms with Crippen molar-refractivity contribution in [3.63, 3.8) is 0 Å². The smallest absolute Gasteiger partial charge is 0.240 e. The maximum absolute atomic E-state index is 12.4. The lowest BCUT2D eigenvalue weighted by atomic mass is 9.80. The number of nitrogens with one attached hydrogen (secondary N) is 3. The van der Waals surface area contributed by atoms with Crippen LogP contribution >= 0.6 is 24.0 Å². The summed E-state index contributed by atoms with van der Waals surface area (Å²) in [7, 11) is -0.239. The van der Waals surface area contributed by atoms with Crippen LogP contribution in [0.15, 0.2) is 34.2 Å². The van der Waals surface area contributed by atoms with Crippen molar-refractivity contribution in [1.29, 1.82) is 0 Å². The zero-order valence-corrected chi connectivity index (χ0v) is 21.6. The second kappa shape index (κ2) is 13.5. The Balaban J connectivity index is 0.00000450. The molecular formula is C21H37IN4O3S. The van der Waals surface area contributed by atoms with E-state index in [0.717, 1.165) is 36.2 Å². The summed E-state index contributed by atoms with van der Waals surface area (Å²) >= 11 is 0. The molecule has 0 amide bonds. The van der Waals surface area contributed by atoms with E-state index in [1.54, 1.807) is 25.2 Å². The third-order valence-electron chi connectivity index (χ3n) is 5.55. The number of guanidine groups is 1. The maximum Gasteiger partial charge on any atom is 0.240 e. The number of halogens is 1. The number of nitrogens with zero attached hydrogens (tertiary/aromatic N) is 1. The number of rotatable bonds is 9. The highest BCUT2D eigenvalue weighted by molar-refractivity contribution is 14.0. The van der Waals surface area contributed by atoms with E-state index in [-0.39, 0.29) is 35.4 Å². The SMILES string of the molecule is CN=C(NCc1cccc(S(=O)(=O)NCCOC)c1)NC1CCC(C(C)C)CC1.I. The highest BCUT2D eigenvalue weighted by Gasteiger charge is 2.23. The van der Waals surface area contributed by atoms with E-state index in [4.69, 9.17) is 4.74 Å². The van der Waals surface area contributed by atoms with E-state index >= 15 is 0 Å². The molecule has 0 heterocycles. The molecule has 1 aromatic carbocycles. The van der Waals surface area contributed by atoms with Gasteiger partial charge in [-0.05, 0) is 55.2 Å². The normalized spacial score (nSPS) is 20.0. The van der Waals surface area contributed by atoms with Gasteiger partial charge in [-0.3, -0.25) is 4.99 Å². The van der Waals surface area contributed by atoms with E-state index in [0.29, 0.717) is 19.2 Å². The van der Waals surface area contributed by atoms with E-state index < -0.39 is 10.0 Å². The molecule has 30 heavy (non-hydrogen) atoms. The zero-order chi connectivity index (χ0) is 21.3. The van der Waals surface area contributed by atoms with Crippen LogP contribution in [0.25, 0.3) is 0 Å². The summed E-state index contributed by atoms with van der Waals surface area (Å²) < 4.78 is 32.2. The van der Waals surface area contributed by atoms with Crippen molar-refractivity contribution in [2.24, 2.45) is 16.8 Å². The van der Waals surface area contributed by atoms with Gasteiger partial charge >= 0.3 is 0 Å². The van der Waals surface area contributed by atoms with Gasteiger partial charge in [0.15, 0.2) is 5.96 Å². The topological polar surface area (TPSA) is 91.8 Å². The minimum absolute atomic E-state index is 0. The van der Waals surface area contributed by atoms with E-state index in [1.807, 2.05) is 6.07 Å². The molecule has 0 spiro atoms. The Morgan fingerprint density at radius 3 is 2.53 bits per heavy atom. The van der Waals surface area contributed by atoms with Crippen molar-refractivity contribution in [2.75, 3.05) is 27.3 Å². The lowest BCUT2D eigenvalue weighted by molar-refractivity contribution is 0.204. The second-order valence-corrected chi connectivity index (χ2v) is 9.73. The van der Waals surface area contributed by atoms with Crippen molar-refractivity contribution in [1.82, 2.24) is 15.4 Å². The summed E-state index contributed by atoms with van der Waals surface area (Å²) in [5.74, 6) is 2.33. The van der Waals surface area contributed by atoms with Crippen LogP contribution in [0.5, 0.6) is 0 Å². The van der Waals surface area contributed by atoms with Crippen LogP contribution in [0.1, 0.15) is 45.1 Å². The molecule has 0 unspecified atom stereocenters. The Labute approximate surface area is 198 Å². The number of benzene rings is 1. The van der Waals surface area contributed by atoms with Gasteiger partial charge in [0.25, 0.3) is 0 Å². The molecule has 1 aromatic rings. The van der Waals surface area contributed by atoms with Crippen LogP contribution < -0.4 is 15.4 Å². The third kappa shape index (κ3) is 8.68. The van der Waals surface area contributed by atoms with Crippen LogP contribution in [-0.2, 0) is 21.3 Å². The number of hydrogen-bond donors (Lipinski definition) is 3. The van der Waals surface area contributed by atoms with Crippen molar-refractivity contribution in [3.8, 4) is 0 Å². The Bertz CT molecular complexity index is 763. The van der Waals surface area contributed by atoms with Crippen LogP contribution in [0.3, 0.4) is 0 Å². The lowest BCUT2D eigenvalue weighted by Crippen LogP contribution is -2.44. The van der Waals surface area contributed by atoms with E-state index in [2.05, 4.69) is 34.2 Å². The molecule has 0 aliphatic heterocycles. The third-order valence-corrected chi connectivity index (χ3v) is 7.00. The minimum atomic E-state index is -3.54. The molecule has 3 N–H and O–H groups in total. The summed E-state index contributed by atoms with van der Waals surface area (Å²) in [6.07, 6.45) is 4.82. The summed E-state index contributed by atoms with van der Waals surface area (Å²) in [4.78, 5) is 4.58. The molecule has 1 aliphatic rings. The Hall–Kier alpha value is -0.910. The summed E-state index contributed by atoms with van der Waals surface area (Å²) in [5.41, 5.74) is 0.881. The van der Waals surface area contributed by atoms with Crippen molar-refractivity contribution < 1.29 is 13.2 Å². The van der Waals surface area contributed by atoms with Crippen LogP contribution in [0.4, 0.5) is 0 Å². The van der Waals surface area contributed by atoms with Gasteiger partial charge in [-0.1, -0.05) is 26.0 Å². The number of hydrogen-bond acceptors (Lipinski definition) is 4. The summed E-state index contributed by atoms with van der Waals surface area (Å²) in [5, 5.41) is 6.81. The zero-order valence-electron chi connectivity index (χ0n) is 18.5. The Morgan fingerprint density at radius 2 is 1.93 bits per heavy atom. The van der Waals surface area contributed by atoms with Crippen LogP contribution in [0.2, 0.25) is 0 Å². The molecule has 2 rings (SSSR count). The van der Waals surface area contributed by atoms with Gasteiger partial charge in [0.05, 0.1) is 11.5 Å². The highest BCUT2D eigenvalue weighted by Crippen LogP contribution is 2.29. The average Bonchev–Trinajstić information content (AvgIpc) is 2.71. The largest absolute Gasteiger partial charge is 0.383 e. The van der Waals surface area contributed by atoms with Crippen molar-refractivity contribution in [3.05, 3.63) is 29.8 Å². The molecule has 0 aromatic heterocycles. The van der Waals surface area contributed by atoms with Gasteiger partial charge < -0.3 is 15.4 Å². The predicted octanol–water partition coefficient (Wildman–Crippen LogP) is 3.11. The standard InChI is InChI=1S/C21H36N4O3S.HI/c1-16(2)18-8-10-19(11-9-18)25-21(22-3)23-15-17-6-5-7-20(14-17)29(26,27)24-12-13-28-4;/h5-7,14,16,18-19,24H,8-13,15H2,1-4H3,(H2,22,23,25);1H. The average molecular weight is 553 g/mol. The minimum Gasteiger partial charge on any atom is -0.383 e. The number of methoxy groups -OCH3 is 1. The molecule has 9 heteroatoms. The molecule has 0 saturated heterocycles. The van der Waals surface area contributed by atoms with Gasteiger partial charge in [-0.15, -0.1) is 24.0 Å². The first-order chi connectivity index (χ1) is 13.9. The van der Waals surface area contributed by atoms with Crippen molar-refractivity contribution >= 4 is 40.0 Å². The quantitative estimate of drug-likeness (QED) is 0.190. The molecule has 1 fully saturated rings. The molecule has 1 aliphatic carbocycles. The second-order valence-electron chi connectivity index (χ2n) is 7.96. The van der Waals surface area contributed by atoms with Gasteiger partial charge in [0.1, 0.15) is 0 Å². The molecule has 7 nitrogen and oxygen atoms in total.